The van der Waals surface area contributed by atoms with Crippen LogP contribution in [-0.4, -0.2) is 72.1 Å². The highest BCUT2D eigenvalue weighted by Crippen LogP contribution is 2.38. The lowest BCUT2D eigenvalue weighted by Crippen LogP contribution is -2.59. The van der Waals surface area contributed by atoms with Crippen molar-refractivity contribution in [2.45, 2.75) is 26.9 Å². The molecule has 2 amide bonds. The molecule has 4 rings (SSSR count). The maximum Gasteiger partial charge on any atom is 0.410 e. The third-order valence-corrected chi connectivity index (χ3v) is 7.48. The monoisotopic (exact) mass is 504 g/mol. The highest BCUT2D eigenvalue weighted by atomic mass is 16.6. The summed E-state index contributed by atoms with van der Waals surface area (Å²) in [5, 5.41) is 19.2. The molecule has 9 nitrogen and oxygen atoms in total. The van der Waals surface area contributed by atoms with Crippen LogP contribution in [0.3, 0.4) is 0 Å². The van der Waals surface area contributed by atoms with Gasteiger partial charge in [0.1, 0.15) is 6.61 Å². The first-order valence-corrected chi connectivity index (χ1v) is 12.5. The van der Waals surface area contributed by atoms with E-state index in [-0.39, 0.29) is 32.0 Å². The van der Waals surface area contributed by atoms with Crippen molar-refractivity contribution in [3.63, 3.8) is 0 Å². The van der Waals surface area contributed by atoms with Crippen molar-refractivity contribution in [2.24, 2.45) is 11.3 Å². The second kappa shape index (κ2) is 10.9. The number of carbonyl (C=O) groups excluding carboxylic acids is 2. The molecule has 0 aromatic heterocycles. The second-order valence-corrected chi connectivity index (χ2v) is 9.95. The zero-order valence-electron chi connectivity index (χ0n) is 21.2. The van der Waals surface area contributed by atoms with Crippen LogP contribution in [0.15, 0.2) is 48.5 Å². The van der Waals surface area contributed by atoms with E-state index >= 15 is 0 Å². The van der Waals surface area contributed by atoms with Crippen molar-refractivity contribution >= 4 is 23.7 Å². The number of likely N-dealkylation sites (tertiary alicyclic amines) is 1. The van der Waals surface area contributed by atoms with Crippen molar-refractivity contribution in [3.05, 3.63) is 65.2 Å². The molecule has 1 N–H and O–H groups in total. The first-order valence-electron chi connectivity index (χ1n) is 12.5. The Labute approximate surface area is 216 Å². The molecule has 0 radical (unpaired) electrons. The molecular weight excluding hydrogens is 472 g/mol. The molecule has 2 heterocycles. The summed E-state index contributed by atoms with van der Waals surface area (Å²) < 4.78 is 5.41. The van der Waals surface area contributed by atoms with Crippen molar-refractivity contribution in [2.75, 3.05) is 44.2 Å². The SMILES string of the molecule is Cc1cc(C#N)ccc1N1CCN(C(=O)[C@H]2CCN(C(=O)OCc3ccccc3)C[C@]2(C)C(=O)O)CC1. The first-order chi connectivity index (χ1) is 17.7. The Balaban J connectivity index is 1.38. The number of hydrogen-bond donors (Lipinski definition) is 1. The number of aryl methyl sites for hydroxylation is 1. The van der Waals surface area contributed by atoms with Crippen molar-refractivity contribution < 1.29 is 24.2 Å². The number of aliphatic carboxylic acids is 1. The molecule has 0 aliphatic carbocycles. The van der Waals surface area contributed by atoms with Gasteiger partial charge in [-0.2, -0.15) is 5.26 Å². The Morgan fingerprint density at radius 2 is 1.76 bits per heavy atom. The molecule has 9 heteroatoms. The van der Waals surface area contributed by atoms with E-state index in [2.05, 4.69) is 11.0 Å². The average Bonchev–Trinajstić information content (AvgIpc) is 2.91. The molecule has 0 saturated carbocycles. The normalized spacial score (nSPS) is 21.8. The van der Waals surface area contributed by atoms with Crippen LogP contribution in [0.2, 0.25) is 0 Å². The Kier molecular flexibility index (Phi) is 7.67. The van der Waals surface area contributed by atoms with E-state index in [0.717, 1.165) is 16.8 Å². The smallest absolute Gasteiger partial charge is 0.410 e. The molecule has 2 aliphatic rings. The van der Waals surface area contributed by atoms with E-state index in [9.17, 15) is 19.5 Å². The Bertz CT molecular complexity index is 1200. The lowest BCUT2D eigenvalue weighted by molar-refractivity contribution is -0.163. The molecule has 2 aromatic carbocycles. The highest BCUT2D eigenvalue weighted by molar-refractivity contribution is 5.88. The summed E-state index contributed by atoms with van der Waals surface area (Å²) in [5.74, 6) is -2.01. The number of carbonyl (C=O) groups is 3. The maximum atomic E-state index is 13.5. The number of nitrogens with zero attached hydrogens (tertiary/aromatic N) is 4. The van der Waals surface area contributed by atoms with Crippen LogP contribution in [0.5, 0.6) is 0 Å². The van der Waals surface area contributed by atoms with Crippen LogP contribution in [0, 0.1) is 29.6 Å². The van der Waals surface area contributed by atoms with Crippen molar-refractivity contribution in [3.8, 4) is 6.07 Å². The molecule has 37 heavy (non-hydrogen) atoms. The molecule has 2 aromatic rings. The number of carboxylic acids is 1. The molecule has 0 bridgehead atoms. The van der Waals surface area contributed by atoms with Gasteiger partial charge < -0.3 is 24.5 Å². The summed E-state index contributed by atoms with van der Waals surface area (Å²) >= 11 is 0. The average molecular weight is 505 g/mol. The fourth-order valence-corrected chi connectivity index (χ4v) is 5.24. The minimum atomic E-state index is -1.41. The Morgan fingerprint density at radius 1 is 1.05 bits per heavy atom. The van der Waals surface area contributed by atoms with Gasteiger partial charge >= 0.3 is 12.1 Å². The van der Waals surface area contributed by atoms with Gasteiger partial charge in [0.15, 0.2) is 0 Å². The Hall–Kier alpha value is -4.06. The van der Waals surface area contributed by atoms with Gasteiger partial charge in [-0.25, -0.2) is 4.79 Å². The molecule has 2 aliphatic heterocycles. The van der Waals surface area contributed by atoms with Crippen molar-refractivity contribution in [1.82, 2.24) is 9.80 Å². The number of rotatable bonds is 5. The Morgan fingerprint density at radius 3 is 2.38 bits per heavy atom. The van der Waals surface area contributed by atoms with Crippen LogP contribution in [0.1, 0.15) is 30.0 Å². The largest absolute Gasteiger partial charge is 0.481 e. The van der Waals surface area contributed by atoms with E-state index in [0.29, 0.717) is 31.7 Å². The van der Waals surface area contributed by atoms with Crippen LogP contribution in [0.4, 0.5) is 10.5 Å². The molecule has 0 unspecified atom stereocenters. The van der Waals surface area contributed by atoms with Gasteiger partial charge in [-0.3, -0.25) is 9.59 Å². The topological polar surface area (TPSA) is 114 Å². The molecule has 194 valence electrons. The van der Waals surface area contributed by atoms with E-state index in [4.69, 9.17) is 10.00 Å². The molecule has 0 spiro atoms. The number of hydrogen-bond acceptors (Lipinski definition) is 6. The number of piperidine rings is 1. The van der Waals surface area contributed by atoms with Gasteiger partial charge in [0.25, 0.3) is 0 Å². The summed E-state index contributed by atoms with van der Waals surface area (Å²) in [5.41, 5.74) is 2.07. The number of amides is 2. The van der Waals surface area contributed by atoms with Crippen LogP contribution in [-0.2, 0) is 20.9 Å². The van der Waals surface area contributed by atoms with E-state index in [1.54, 1.807) is 17.9 Å². The first kappa shape index (κ1) is 26.0. The number of piperazine rings is 1. The fraction of sp³-hybridized carbons (Fsp3) is 0.429. The number of nitriles is 1. The van der Waals surface area contributed by atoms with Gasteiger partial charge in [-0.05, 0) is 49.6 Å². The maximum absolute atomic E-state index is 13.5. The third kappa shape index (κ3) is 5.53. The van der Waals surface area contributed by atoms with Crippen LogP contribution >= 0.6 is 0 Å². The summed E-state index contributed by atoms with van der Waals surface area (Å²) in [6.45, 7) is 5.98. The second-order valence-electron chi connectivity index (χ2n) is 9.95. The number of ether oxygens (including phenoxy) is 1. The third-order valence-electron chi connectivity index (χ3n) is 7.48. The molecule has 2 fully saturated rings. The zero-order chi connectivity index (χ0) is 26.6. The number of benzene rings is 2. The highest BCUT2D eigenvalue weighted by Gasteiger charge is 2.51. The van der Waals surface area contributed by atoms with Gasteiger partial charge in [-0.1, -0.05) is 30.3 Å². The quantitative estimate of drug-likeness (QED) is 0.665. The lowest BCUT2D eigenvalue weighted by atomic mass is 9.71. The predicted molar refractivity (Wildman–Crippen MR) is 137 cm³/mol. The minimum absolute atomic E-state index is 0.0865. The van der Waals surface area contributed by atoms with Crippen molar-refractivity contribution in [1.29, 1.82) is 5.26 Å². The van der Waals surface area contributed by atoms with E-state index < -0.39 is 23.4 Å². The molecule has 2 saturated heterocycles. The minimum Gasteiger partial charge on any atom is -0.481 e. The molecule has 2 atom stereocenters. The summed E-state index contributed by atoms with van der Waals surface area (Å²) in [4.78, 5) is 43.9. The van der Waals surface area contributed by atoms with Crippen LogP contribution < -0.4 is 4.90 Å². The fourth-order valence-electron chi connectivity index (χ4n) is 5.24. The summed E-state index contributed by atoms with van der Waals surface area (Å²) in [6, 6.07) is 17.0. The van der Waals surface area contributed by atoms with E-state index in [1.165, 1.54) is 4.90 Å². The number of carboxylic acid groups (broad SMARTS) is 1. The molecular formula is C28H32N4O5. The lowest BCUT2D eigenvalue weighted by Gasteiger charge is -2.45. The van der Waals surface area contributed by atoms with Gasteiger partial charge in [0, 0.05) is 45.0 Å². The van der Waals surface area contributed by atoms with Gasteiger partial charge in [-0.15, -0.1) is 0 Å². The van der Waals surface area contributed by atoms with Gasteiger partial charge in [0.2, 0.25) is 5.91 Å². The van der Waals surface area contributed by atoms with Crippen LogP contribution in [0.25, 0.3) is 0 Å². The number of anilines is 1. The van der Waals surface area contributed by atoms with E-state index in [1.807, 2.05) is 49.4 Å². The standard InChI is InChI=1S/C28H32N4O5/c1-20-16-22(17-29)8-9-24(20)30-12-14-31(15-13-30)25(33)23-10-11-32(19-28(23,2)26(34)35)27(36)37-18-21-6-4-3-5-7-21/h3-9,16,23H,10-15,18-19H2,1-2H3,(H,34,35)/t23-,28+/m1/s1. The summed E-state index contributed by atoms with van der Waals surface area (Å²) in [7, 11) is 0. The zero-order valence-corrected chi connectivity index (χ0v) is 21.2. The predicted octanol–water partition coefficient (Wildman–Crippen LogP) is 3.26. The van der Waals surface area contributed by atoms with Gasteiger partial charge in [0.05, 0.1) is 23.0 Å². The summed E-state index contributed by atoms with van der Waals surface area (Å²) in [6.07, 6.45) is -0.314.